The lowest BCUT2D eigenvalue weighted by Gasteiger charge is -2.19. The Morgan fingerprint density at radius 2 is 0.933 bits per heavy atom. The van der Waals surface area contributed by atoms with Crippen molar-refractivity contribution in [2.45, 2.75) is 0 Å². The first-order valence-electron chi connectivity index (χ1n) is 21.7. The minimum absolute atomic E-state index is 0.0177. The Hall–Kier alpha value is -5.92. The molecule has 0 atom stereocenters. The number of para-hydroxylation sites is 1. The average molecular weight is 588 g/mol. The van der Waals surface area contributed by atoms with Gasteiger partial charge in [0.25, 0.3) is 0 Å². The molecule has 0 radical (unpaired) electrons. The third-order valence-electron chi connectivity index (χ3n) is 7.94. The van der Waals surface area contributed by atoms with E-state index in [9.17, 15) is 5.48 Å². The first-order chi connectivity index (χ1) is 28.6. The van der Waals surface area contributed by atoms with E-state index in [-0.39, 0.29) is 62.8 Å². The number of hydrogen-bond acceptors (Lipinski definition) is 1. The zero-order chi connectivity index (χ0) is 42.8. The van der Waals surface area contributed by atoms with Gasteiger partial charge in [-0.05, 0) is 84.2 Å². The summed E-state index contributed by atoms with van der Waals surface area (Å²) in [7, 11) is 0. The van der Waals surface area contributed by atoms with E-state index in [0.717, 1.165) is 0 Å². The highest BCUT2D eigenvalue weighted by molar-refractivity contribution is 6.26. The summed E-state index contributed by atoms with van der Waals surface area (Å²) >= 11 is 0. The van der Waals surface area contributed by atoms with Crippen LogP contribution in [0, 0.1) is 0 Å². The van der Waals surface area contributed by atoms with Gasteiger partial charge in [-0.3, -0.25) is 0 Å². The van der Waals surface area contributed by atoms with Gasteiger partial charge >= 0.3 is 0 Å². The van der Waals surface area contributed by atoms with E-state index in [1.165, 1.54) is 0 Å². The topological polar surface area (TPSA) is 13.1 Å². The molecule has 8 aromatic carbocycles. The molecule has 9 aromatic rings. The third kappa shape index (κ3) is 4.17. The molecular formula is C44H28O. The van der Waals surface area contributed by atoms with Crippen LogP contribution in [0.1, 0.15) is 20.6 Å². The minimum Gasteiger partial charge on any atom is -0.456 e. The van der Waals surface area contributed by atoms with Crippen molar-refractivity contribution in [3.8, 4) is 44.5 Å². The van der Waals surface area contributed by atoms with Crippen molar-refractivity contribution in [1.29, 1.82) is 0 Å². The van der Waals surface area contributed by atoms with Crippen LogP contribution >= 0.6 is 0 Å². The molecule has 0 spiro atoms. The maximum atomic E-state index is 9.97. The summed E-state index contributed by atoms with van der Waals surface area (Å²) in [6.45, 7) is 0. The normalized spacial score (nSPS) is 16.2. The van der Waals surface area contributed by atoms with Gasteiger partial charge in [0.2, 0.25) is 0 Å². The van der Waals surface area contributed by atoms with Crippen LogP contribution in [0.15, 0.2) is 174 Å². The molecule has 0 unspecified atom stereocenters. The molecule has 0 aliphatic carbocycles. The van der Waals surface area contributed by atoms with Gasteiger partial charge in [-0.2, -0.15) is 0 Å². The van der Waals surface area contributed by atoms with Gasteiger partial charge in [0.15, 0.2) is 0 Å². The molecule has 9 rings (SSSR count). The van der Waals surface area contributed by atoms with Gasteiger partial charge in [-0.1, -0.05) is 151 Å². The molecule has 0 saturated carbocycles. The van der Waals surface area contributed by atoms with Gasteiger partial charge in [0, 0.05) is 10.8 Å². The van der Waals surface area contributed by atoms with Gasteiger partial charge in [-0.25, -0.2) is 0 Å². The van der Waals surface area contributed by atoms with E-state index < -0.39 is 77.6 Å². The summed E-state index contributed by atoms with van der Waals surface area (Å²) in [6, 6.07) is 14.7. The van der Waals surface area contributed by atoms with Crippen molar-refractivity contribution >= 4 is 43.5 Å². The van der Waals surface area contributed by atoms with Gasteiger partial charge in [0.05, 0.1) is 20.6 Å². The summed E-state index contributed by atoms with van der Waals surface area (Å²) in [6.07, 6.45) is 0. The molecular weight excluding hydrogens is 544 g/mol. The lowest BCUT2D eigenvalue weighted by molar-refractivity contribution is 0.669. The molecule has 1 nitrogen and oxygen atoms in total. The highest BCUT2D eigenvalue weighted by Gasteiger charge is 2.21. The lowest BCUT2D eigenvalue weighted by atomic mass is 9.84. The number of furan rings is 1. The first kappa shape index (κ1) is 14.7. The van der Waals surface area contributed by atoms with E-state index in [2.05, 4.69) is 0 Å². The molecule has 0 amide bonds. The maximum Gasteiger partial charge on any atom is 0.136 e. The summed E-state index contributed by atoms with van der Waals surface area (Å²) in [5, 5.41) is 1.51. The molecule has 0 aliphatic heterocycles. The average Bonchev–Trinajstić information content (AvgIpc) is 3.66. The fourth-order valence-corrected chi connectivity index (χ4v) is 6.02. The molecule has 1 aromatic heterocycles. The van der Waals surface area contributed by atoms with Crippen LogP contribution in [0.4, 0.5) is 0 Å². The predicted octanol–water partition coefficient (Wildman–Crippen LogP) is 12.6. The standard InChI is InChI=1S/C44H28O/c1-3-13-29(14-4-1)31-23-25-32(26-24-31)42-34-17-7-9-19-36(34)43(37-20-10-8-18-35(37)42)39-27-33(30-15-5-2-6-16-30)28-41-44(39)38-21-11-12-22-40(38)45-41/h1-28H/i2D,5D,6D,11D,12D,15D,16D,21D,22D,23D,24D,25D,26D,27D,28D. The second-order valence-corrected chi connectivity index (χ2v) is 10.5. The van der Waals surface area contributed by atoms with Crippen LogP contribution in [-0.2, 0) is 0 Å². The summed E-state index contributed by atoms with van der Waals surface area (Å²) in [5.41, 5.74) is -0.179. The van der Waals surface area contributed by atoms with Crippen LogP contribution in [0.5, 0.6) is 0 Å². The number of fused-ring (bicyclic) bond motifs is 5. The van der Waals surface area contributed by atoms with Gasteiger partial charge < -0.3 is 4.42 Å². The third-order valence-corrected chi connectivity index (χ3v) is 7.94. The molecule has 0 bridgehead atoms. The molecule has 0 saturated heterocycles. The SMILES string of the molecule is [2H]c1c([2H])c([2H])c(-c2c([2H])c(-c3c4ccccc4c(-c4c([2H])c([2H])c(-c5ccccc5)c([2H])c4[2H])c4ccccc34)c3c(oc4c([2H])c([2H])c([2H])c([2H])c43)c2[2H])c([2H])c1[2H]. The zero-order valence-corrected chi connectivity index (χ0v) is 23.4. The van der Waals surface area contributed by atoms with E-state index in [1.54, 1.807) is 78.9 Å². The highest BCUT2D eigenvalue weighted by atomic mass is 16.3. The molecule has 210 valence electrons. The van der Waals surface area contributed by atoms with Crippen molar-refractivity contribution in [3.63, 3.8) is 0 Å². The first-order valence-corrected chi connectivity index (χ1v) is 14.2. The Labute approximate surface area is 282 Å². The van der Waals surface area contributed by atoms with Crippen LogP contribution in [0.25, 0.3) is 88.0 Å². The maximum absolute atomic E-state index is 9.97. The quantitative estimate of drug-likeness (QED) is 0.187. The number of rotatable bonds is 4. The Balaban J connectivity index is 1.52. The smallest absolute Gasteiger partial charge is 0.136 e. The molecule has 0 aliphatic rings. The Bertz CT molecular complexity index is 3260. The van der Waals surface area contributed by atoms with E-state index >= 15 is 0 Å². The van der Waals surface area contributed by atoms with Crippen LogP contribution < -0.4 is 0 Å². The van der Waals surface area contributed by atoms with Crippen molar-refractivity contribution in [3.05, 3.63) is 169 Å². The van der Waals surface area contributed by atoms with Crippen molar-refractivity contribution < 1.29 is 25.0 Å². The second-order valence-electron chi connectivity index (χ2n) is 10.5. The summed E-state index contributed by atoms with van der Waals surface area (Å²) in [5.74, 6) is 0. The molecule has 1 heterocycles. The van der Waals surface area contributed by atoms with E-state index in [4.69, 9.17) is 19.5 Å². The summed E-state index contributed by atoms with van der Waals surface area (Å²) < 4.78 is 140. The van der Waals surface area contributed by atoms with Crippen LogP contribution in [0.2, 0.25) is 0 Å². The molecule has 0 N–H and O–H groups in total. The fraction of sp³-hybridized carbons (Fsp3) is 0. The Kier molecular flexibility index (Phi) is 3.39. The Morgan fingerprint density at radius 3 is 1.62 bits per heavy atom. The van der Waals surface area contributed by atoms with Crippen LogP contribution in [-0.4, -0.2) is 0 Å². The van der Waals surface area contributed by atoms with Crippen LogP contribution in [0.3, 0.4) is 0 Å². The second kappa shape index (κ2) is 10.4. The number of hydrogen-bond donors (Lipinski definition) is 0. The molecule has 1 heteroatoms. The molecule has 45 heavy (non-hydrogen) atoms. The molecule has 0 fully saturated rings. The van der Waals surface area contributed by atoms with E-state index in [1.807, 2.05) is 0 Å². The zero-order valence-electron chi connectivity index (χ0n) is 38.4. The van der Waals surface area contributed by atoms with E-state index in [0.29, 0.717) is 38.2 Å². The van der Waals surface area contributed by atoms with Gasteiger partial charge in [-0.15, -0.1) is 0 Å². The van der Waals surface area contributed by atoms with Crippen molar-refractivity contribution in [2.24, 2.45) is 0 Å². The minimum atomic E-state index is -0.700. The predicted molar refractivity (Wildman–Crippen MR) is 190 cm³/mol. The lowest BCUT2D eigenvalue weighted by Crippen LogP contribution is -1.92. The Morgan fingerprint density at radius 1 is 0.378 bits per heavy atom. The summed E-state index contributed by atoms with van der Waals surface area (Å²) in [4.78, 5) is 0. The fourth-order valence-electron chi connectivity index (χ4n) is 6.02. The van der Waals surface area contributed by atoms with Crippen molar-refractivity contribution in [1.82, 2.24) is 0 Å². The monoisotopic (exact) mass is 587 g/mol. The largest absolute Gasteiger partial charge is 0.456 e. The van der Waals surface area contributed by atoms with Gasteiger partial charge in [0.1, 0.15) is 11.2 Å². The van der Waals surface area contributed by atoms with Crippen molar-refractivity contribution in [2.75, 3.05) is 0 Å². The highest BCUT2D eigenvalue weighted by Crippen LogP contribution is 2.48. The number of benzene rings is 8.